The largest absolute Gasteiger partial charge is 0.505 e. The van der Waals surface area contributed by atoms with Crippen molar-refractivity contribution in [2.45, 2.75) is 6.92 Å². The fourth-order valence-electron chi connectivity index (χ4n) is 1.69. The second kappa shape index (κ2) is 6.63. The van der Waals surface area contributed by atoms with E-state index in [1.807, 2.05) is 0 Å². The lowest BCUT2D eigenvalue weighted by molar-refractivity contribution is 0.102. The van der Waals surface area contributed by atoms with Crippen molar-refractivity contribution < 1.29 is 9.90 Å². The van der Waals surface area contributed by atoms with Crippen LogP contribution in [0, 0.1) is 6.92 Å². The maximum atomic E-state index is 12.1. The number of aryl methyl sites for hydroxylation is 1. The minimum Gasteiger partial charge on any atom is -0.505 e. The third kappa shape index (κ3) is 3.43. The highest BCUT2D eigenvalue weighted by Gasteiger charge is 2.12. The Kier molecular flexibility index (Phi) is 5.42. The first-order valence-electron chi connectivity index (χ1n) is 5.64. The van der Waals surface area contributed by atoms with Gasteiger partial charge in [0, 0.05) is 10.2 Å². The molecule has 0 aliphatic rings. The van der Waals surface area contributed by atoms with Gasteiger partial charge in [-0.1, -0.05) is 28.1 Å². The number of rotatable bonds is 2. The van der Waals surface area contributed by atoms with Gasteiger partial charge in [0.25, 0.3) is 5.91 Å². The van der Waals surface area contributed by atoms with E-state index in [4.69, 9.17) is 5.73 Å². The van der Waals surface area contributed by atoms with Gasteiger partial charge in [-0.25, -0.2) is 0 Å². The van der Waals surface area contributed by atoms with Crippen molar-refractivity contribution >= 4 is 45.6 Å². The topological polar surface area (TPSA) is 75.4 Å². The number of phenols is 1. The Hall–Kier alpha value is -1.72. The Labute approximate surface area is 131 Å². The number of amides is 1. The Morgan fingerprint density at radius 1 is 1.30 bits per heavy atom. The van der Waals surface area contributed by atoms with Crippen LogP contribution < -0.4 is 11.1 Å². The molecule has 0 spiro atoms. The van der Waals surface area contributed by atoms with Gasteiger partial charge in [-0.2, -0.15) is 0 Å². The van der Waals surface area contributed by atoms with Gasteiger partial charge in [0.15, 0.2) is 0 Å². The van der Waals surface area contributed by atoms with Crippen LogP contribution in [0.3, 0.4) is 0 Å². The van der Waals surface area contributed by atoms with Gasteiger partial charge in [0.2, 0.25) is 0 Å². The van der Waals surface area contributed by atoms with Crippen molar-refractivity contribution in [2.24, 2.45) is 0 Å². The number of nitrogens with one attached hydrogen (secondary N) is 1. The van der Waals surface area contributed by atoms with Gasteiger partial charge < -0.3 is 16.2 Å². The summed E-state index contributed by atoms with van der Waals surface area (Å²) in [6, 6.07) is 10.2. The molecule has 2 rings (SSSR count). The van der Waals surface area contributed by atoms with Crippen LogP contribution in [0.1, 0.15) is 15.9 Å². The highest BCUT2D eigenvalue weighted by Crippen LogP contribution is 2.27. The molecule has 0 radical (unpaired) electrons. The summed E-state index contributed by atoms with van der Waals surface area (Å²) in [5.41, 5.74) is 7.59. The Bertz CT molecular complexity index is 647. The molecule has 20 heavy (non-hydrogen) atoms. The number of hydrogen-bond acceptors (Lipinski definition) is 3. The van der Waals surface area contributed by atoms with Crippen LogP contribution >= 0.6 is 28.3 Å². The molecule has 0 saturated heterocycles. The molecule has 0 aliphatic heterocycles. The molecule has 0 aromatic heterocycles. The summed E-state index contributed by atoms with van der Waals surface area (Å²) in [6.45, 7) is 1.76. The molecule has 4 nitrogen and oxygen atoms in total. The average molecular weight is 358 g/mol. The van der Waals surface area contributed by atoms with E-state index in [2.05, 4.69) is 21.2 Å². The average Bonchev–Trinajstić information content (AvgIpc) is 2.34. The predicted octanol–water partition coefficient (Wildman–Crippen LogP) is 3.72. The molecule has 4 N–H and O–H groups in total. The number of anilines is 2. The van der Waals surface area contributed by atoms with Crippen LogP contribution in [0.15, 0.2) is 40.9 Å². The molecule has 0 saturated carbocycles. The number of halogens is 2. The third-order valence-electron chi connectivity index (χ3n) is 2.74. The number of phenolic OH excluding ortho intramolecular Hbond substituents is 1. The summed E-state index contributed by atoms with van der Waals surface area (Å²) >= 11 is 3.28. The second-order valence-corrected chi connectivity index (χ2v) is 5.07. The molecule has 2 aromatic rings. The van der Waals surface area contributed by atoms with E-state index in [-0.39, 0.29) is 24.1 Å². The number of para-hydroxylation sites is 1. The standard InChI is InChI=1S/C14H13BrN2O2.ClH/c1-8-3-2-4-12(13(8)18)17-14(19)10-6-5-9(15)7-11(10)16;/h2-7,18H,16H2,1H3,(H,17,19);1H. The molecule has 0 unspecified atom stereocenters. The van der Waals surface area contributed by atoms with Gasteiger partial charge in [0.1, 0.15) is 5.75 Å². The lowest BCUT2D eigenvalue weighted by atomic mass is 10.1. The van der Waals surface area contributed by atoms with E-state index in [1.165, 1.54) is 0 Å². The van der Waals surface area contributed by atoms with Gasteiger partial charge in [-0.3, -0.25) is 4.79 Å². The molecule has 0 heterocycles. The summed E-state index contributed by atoms with van der Waals surface area (Å²) in [6.07, 6.45) is 0. The summed E-state index contributed by atoms with van der Waals surface area (Å²) in [4.78, 5) is 12.1. The van der Waals surface area contributed by atoms with Crippen molar-refractivity contribution in [3.63, 3.8) is 0 Å². The second-order valence-electron chi connectivity index (χ2n) is 4.16. The number of carbonyl (C=O) groups excluding carboxylic acids is 1. The Morgan fingerprint density at radius 2 is 2.00 bits per heavy atom. The number of nitrogens with two attached hydrogens (primary N) is 1. The van der Waals surface area contributed by atoms with E-state index >= 15 is 0 Å². The normalized spacial score (nSPS) is 9.70. The fourth-order valence-corrected chi connectivity index (χ4v) is 2.07. The van der Waals surface area contributed by atoms with Crippen LogP contribution in [0.4, 0.5) is 11.4 Å². The maximum absolute atomic E-state index is 12.1. The van der Waals surface area contributed by atoms with Crippen LogP contribution in [0.2, 0.25) is 0 Å². The molecule has 106 valence electrons. The Balaban J connectivity index is 0.00000200. The molecule has 6 heteroatoms. The fraction of sp³-hybridized carbons (Fsp3) is 0.0714. The molecule has 2 aromatic carbocycles. The zero-order chi connectivity index (χ0) is 14.0. The van der Waals surface area contributed by atoms with Crippen molar-refractivity contribution in [3.8, 4) is 5.75 Å². The molecule has 0 fully saturated rings. The number of benzene rings is 2. The van der Waals surface area contributed by atoms with Crippen LogP contribution in [-0.4, -0.2) is 11.0 Å². The SMILES string of the molecule is Cc1cccc(NC(=O)c2ccc(Br)cc2N)c1O.Cl. The summed E-state index contributed by atoms with van der Waals surface area (Å²) in [5, 5.41) is 12.5. The van der Waals surface area contributed by atoms with Gasteiger partial charge in [-0.15, -0.1) is 12.4 Å². The van der Waals surface area contributed by atoms with Crippen molar-refractivity contribution in [2.75, 3.05) is 11.1 Å². The highest BCUT2D eigenvalue weighted by molar-refractivity contribution is 9.10. The Morgan fingerprint density at radius 3 is 2.65 bits per heavy atom. The van der Waals surface area contributed by atoms with Crippen molar-refractivity contribution in [1.29, 1.82) is 0 Å². The first kappa shape index (κ1) is 16.3. The van der Waals surface area contributed by atoms with E-state index in [0.29, 0.717) is 22.5 Å². The summed E-state index contributed by atoms with van der Waals surface area (Å²) in [7, 11) is 0. The third-order valence-corrected chi connectivity index (χ3v) is 3.24. The molecule has 0 atom stereocenters. The summed E-state index contributed by atoms with van der Waals surface area (Å²) < 4.78 is 0.806. The lowest BCUT2D eigenvalue weighted by Gasteiger charge is -2.10. The molecule has 1 amide bonds. The van der Waals surface area contributed by atoms with Gasteiger partial charge in [-0.05, 0) is 36.8 Å². The highest BCUT2D eigenvalue weighted by atomic mass is 79.9. The monoisotopic (exact) mass is 356 g/mol. The van der Waals surface area contributed by atoms with Crippen molar-refractivity contribution in [3.05, 3.63) is 52.0 Å². The number of hydrogen-bond donors (Lipinski definition) is 3. The summed E-state index contributed by atoms with van der Waals surface area (Å²) in [5.74, 6) is -0.294. The minimum absolute atomic E-state index is 0. The van der Waals surface area contributed by atoms with E-state index in [1.54, 1.807) is 43.3 Å². The predicted molar refractivity (Wildman–Crippen MR) is 86.6 cm³/mol. The van der Waals surface area contributed by atoms with Crippen molar-refractivity contribution in [1.82, 2.24) is 0 Å². The molecular formula is C14H14BrClN2O2. The first-order chi connectivity index (χ1) is 8.99. The van der Waals surface area contributed by atoms with Gasteiger partial charge >= 0.3 is 0 Å². The van der Waals surface area contributed by atoms with E-state index in [0.717, 1.165) is 4.47 Å². The number of nitrogen functional groups attached to an aromatic ring is 1. The van der Waals surface area contributed by atoms with Gasteiger partial charge in [0.05, 0.1) is 11.3 Å². The zero-order valence-electron chi connectivity index (χ0n) is 10.7. The molecule has 0 bridgehead atoms. The lowest BCUT2D eigenvalue weighted by Crippen LogP contribution is -2.14. The number of aromatic hydroxyl groups is 1. The van der Waals surface area contributed by atoms with Crippen LogP contribution in [0.5, 0.6) is 5.75 Å². The maximum Gasteiger partial charge on any atom is 0.257 e. The zero-order valence-corrected chi connectivity index (χ0v) is 13.1. The van der Waals surface area contributed by atoms with Crippen LogP contribution in [-0.2, 0) is 0 Å². The van der Waals surface area contributed by atoms with Crippen LogP contribution in [0.25, 0.3) is 0 Å². The molecular weight excluding hydrogens is 344 g/mol. The smallest absolute Gasteiger partial charge is 0.257 e. The molecule has 0 aliphatic carbocycles. The first-order valence-corrected chi connectivity index (χ1v) is 6.43. The number of carbonyl (C=O) groups is 1. The van der Waals surface area contributed by atoms with E-state index in [9.17, 15) is 9.90 Å². The quantitative estimate of drug-likeness (QED) is 0.566. The minimum atomic E-state index is -0.356. The van der Waals surface area contributed by atoms with E-state index < -0.39 is 0 Å².